The standard InChI is InChI=1S/C26H18F6N2O3S/c27-25(28,29)17-5-1-14(2-6-17)13-34-12-9-18-20(34)19(21(38-18)26(30,31)32)22(35)33-24(10-11-24)16-7-3-15(4-8-16)23(36)37/h1-9,12H,10-11,13H2,(H,33,35)(H,36,37). The lowest BCUT2D eigenvalue weighted by molar-refractivity contribution is -0.137. The number of nitrogens with zero attached hydrogens (tertiary/aromatic N) is 1. The molecule has 198 valence electrons. The van der Waals surface area contributed by atoms with Crippen LogP contribution in [-0.4, -0.2) is 21.6 Å². The molecule has 1 amide bonds. The van der Waals surface area contributed by atoms with Gasteiger partial charge in [0.25, 0.3) is 5.91 Å². The summed E-state index contributed by atoms with van der Waals surface area (Å²) in [5.41, 5.74) is -1.25. The van der Waals surface area contributed by atoms with Crippen molar-refractivity contribution in [3.8, 4) is 0 Å². The number of alkyl halides is 6. The van der Waals surface area contributed by atoms with Crippen molar-refractivity contribution in [2.24, 2.45) is 0 Å². The van der Waals surface area contributed by atoms with Crippen molar-refractivity contribution >= 4 is 33.4 Å². The van der Waals surface area contributed by atoms with E-state index in [2.05, 4.69) is 5.32 Å². The quantitative estimate of drug-likeness (QED) is 0.256. The second-order valence-corrected chi connectivity index (χ2v) is 10.1. The predicted octanol–water partition coefficient (Wildman–Crippen LogP) is 6.91. The third-order valence-corrected chi connectivity index (χ3v) is 7.70. The Hall–Kier alpha value is -3.80. The van der Waals surface area contributed by atoms with E-state index in [1.54, 1.807) is 0 Å². The van der Waals surface area contributed by atoms with Crippen molar-refractivity contribution in [1.29, 1.82) is 0 Å². The van der Waals surface area contributed by atoms with Crippen LogP contribution in [0.2, 0.25) is 0 Å². The normalized spacial score (nSPS) is 15.0. The van der Waals surface area contributed by atoms with Gasteiger partial charge in [-0.15, -0.1) is 11.3 Å². The molecule has 0 bridgehead atoms. The third kappa shape index (κ3) is 4.75. The Morgan fingerprint density at radius 2 is 1.55 bits per heavy atom. The Bertz CT molecular complexity index is 1530. The maximum atomic E-state index is 14.0. The zero-order valence-electron chi connectivity index (χ0n) is 19.3. The van der Waals surface area contributed by atoms with E-state index in [4.69, 9.17) is 5.11 Å². The van der Waals surface area contributed by atoms with Crippen LogP contribution in [-0.2, 0) is 24.4 Å². The molecule has 2 aromatic carbocycles. The van der Waals surface area contributed by atoms with E-state index in [0.29, 0.717) is 35.3 Å². The Morgan fingerprint density at radius 3 is 2.08 bits per heavy atom. The van der Waals surface area contributed by atoms with Crippen LogP contribution >= 0.6 is 11.3 Å². The third-order valence-electron chi connectivity index (χ3n) is 6.51. The molecule has 1 aliphatic carbocycles. The number of thiophene rings is 1. The topological polar surface area (TPSA) is 71.3 Å². The summed E-state index contributed by atoms with van der Waals surface area (Å²) in [7, 11) is 0. The highest BCUT2D eigenvalue weighted by atomic mass is 32.1. The average molecular weight is 552 g/mol. The molecule has 5 nitrogen and oxygen atoms in total. The highest BCUT2D eigenvalue weighted by molar-refractivity contribution is 7.19. The van der Waals surface area contributed by atoms with Gasteiger partial charge in [0, 0.05) is 12.7 Å². The average Bonchev–Trinajstić information content (AvgIpc) is 3.35. The molecular weight excluding hydrogens is 534 g/mol. The van der Waals surface area contributed by atoms with E-state index in [9.17, 15) is 35.9 Å². The number of carboxylic acid groups (broad SMARTS) is 1. The van der Waals surface area contributed by atoms with E-state index in [1.807, 2.05) is 0 Å². The lowest BCUT2D eigenvalue weighted by Crippen LogP contribution is -2.36. The summed E-state index contributed by atoms with van der Waals surface area (Å²) >= 11 is 0.423. The Labute approximate surface area is 215 Å². The molecule has 38 heavy (non-hydrogen) atoms. The molecule has 2 heterocycles. The van der Waals surface area contributed by atoms with E-state index in [0.717, 1.165) is 12.1 Å². The van der Waals surface area contributed by atoms with Crippen LogP contribution in [0.1, 0.15) is 55.1 Å². The number of halogens is 6. The SMILES string of the molecule is O=C(O)c1ccc(C2(NC(=O)c3c(C(F)(F)F)sc4ccn(Cc5ccc(C(F)(F)F)cc5)c34)CC2)cc1. The molecule has 0 atom stereocenters. The number of rotatable bonds is 6. The van der Waals surface area contributed by atoms with Gasteiger partial charge in [0.05, 0.1) is 32.4 Å². The van der Waals surface area contributed by atoms with E-state index in [1.165, 1.54) is 53.2 Å². The molecule has 2 N–H and O–H groups in total. The lowest BCUT2D eigenvalue weighted by atomic mass is 10.0. The van der Waals surface area contributed by atoms with E-state index in [-0.39, 0.29) is 22.3 Å². The minimum Gasteiger partial charge on any atom is -0.478 e. The number of aromatic nitrogens is 1. The second-order valence-electron chi connectivity index (χ2n) is 9.07. The zero-order valence-corrected chi connectivity index (χ0v) is 20.1. The molecule has 0 saturated heterocycles. The van der Waals surface area contributed by atoms with Gasteiger partial charge in [-0.1, -0.05) is 24.3 Å². The van der Waals surface area contributed by atoms with Crippen LogP contribution in [0.3, 0.4) is 0 Å². The molecule has 1 fully saturated rings. The minimum atomic E-state index is -4.81. The number of benzene rings is 2. The number of nitrogens with one attached hydrogen (secondary N) is 1. The summed E-state index contributed by atoms with van der Waals surface area (Å²) in [4.78, 5) is 23.5. The molecule has 1 saturated carbocycles. The highest BCUT2D eigenvalue weighted by Crippen LogP contribution is 2.48. The Morgan fingerprint density at radius 1 is 0.921 bits per heavy atom. The molecule has 0 unspecified atom stereocenters. The first-order chi connectivity index (χ1) is 17.8. The maximum absolute atomic E-state index is 14.0. The fraction of sp³-hybridized carbons (Fsp3) is 0.231. The van der Waals surface area contributed by atoms with Gasteiger partial charge in [-0.25, -0.2) is 4.79 Å². The largest absolute Gasteiger partial charge is 0.478 e. The summed E-state index contributed by atoms with van der Waals surface area (Å²) < 4.78 is 82.3. The molecule has 4 aromatic rings. The van der Waals surface area contributed by atoms with Crippen LogP contribution in [0.4, 0.5) is 26.3 Å². The second kappa shape index (κ2) is 8.90. The molecule has 12 heteroatoms. The molecule has 0 aliphatic heterocycles. The molecular formula is C26H18F6N2O3S. The summed E-state index contributed by atoms with van der Waals surface area (Å²) in [6, 6.07) is 11.5. The smallest absolute Gasteiger partial charge is 0.426 e. The van der Waals surface area contributed by atoms with Gasteiger partial charge in [-0.3, -0.25) is 4.79 Å². The minimum absolute atomic E-state index is 0.0378. The fourth-order valence-corrected chi connectivity index (χ4v) is 5.50. The number of carbonyl (C=O) groups is 2. The number of aromatic carboxylic acids is 1. The van der Waals surface area contributed by atoms with Crippen LogP contribution < -0.4 is 5.32 Å². The molecule has 0 spiro atoms. The van der Waals surface area contributed by atoms with Gasteiger partial charge in [-0.2, -0.15) is 26.3 Å². The van der Waals surface area contributed by atoms with Crippen LogP contribution in [0.5, 0.6) is 0 Å². The van der Waals surface area contributed by atoms with Gasteiger partial charge in [0.1, 0.15) is 4.88 Å². The van der Waals surface area contributed by atoms with E-state index < -0.39 is 45.8 Å². The zero-order chi connectivity index (χ0) is 27.5. The van der Waals surface area contributed by atoms with Crippen molar-refractivity contribution in [2.75, 3.05) is 0 Å². The van der Waals surface area contributed by atoms with Gasteiger partial charge in [-0.05, 0) is 54.3 Å². The monoisotopic (exact) mass is 552 g/mol. The van der Waals surface area contributed by atoms with Crippen molar-refractivity contribution in [3.63, 3.8) is 0 Å². The summed E-state index contributed by atoms with van der Waals surface area (Å²) in [6.07, 6.45) is -6.91. The van der Waals surface area contributed by atoms with Crippen LogP contribution in [0.15, 0.2) is 60.8 Å². The van der Waals surface area contributed by atoms with Crippen molar-refractivity contribution in [2.45, 2.75) is 37.3 Å². The van der Waals surface area contributed by atoms with Gasteiger partial charge in [0.2, 0.25) is 0 Å². The Balaban J connectivity index is 1.50. The first kappa shape index (κ1) is 25.8. The fourth-order valence-electron chi connectivity index (χ4n) is 4.43. The molecule has 1 aliphatic rings. The van der Waals surface area contributed by atoms with Crippen LogP contribution in [0.25, 0.3) is 10.2 Å². The van der Waals surface area contributed by atoms with Gasteiger partial charge >= 0.3 is 18.3 Å². The number of hydrogen-bond acceptors (Lipinski definition) is 3. The maximum Gasteiger partial charge on any atom is 0.426 e. The lowest BCUT2D eigenvalue weighted by Gasteiger charge is -2.19. The van der Waals surface area contributed by atoms with Crippen LogP contribution in [0, 0.1) is 0 Å². The summed E-state index contributed by atoms with van der Waals surface area (Å²) in [5, 5.41) is 11.8. The summed E-state index contributed by atoms with van der Waals surface area (Å²) in [5.74, 6) is -2.06. The number of hydrogen-bond donors (Lipinski definition) is 2. The van der Waals surface area contributed by atoms with Crippen molar-refractivity contribution in [1.82, 2.24) is 9.88 Å². The van der Waals surface area contributed by atoms with E-state index >= 15 is 0 Å². The highest BCUT2D eigenvalue weighted by Gasteiger charge is 2.48. The number of amides is 1. The van der Waals surface area contributed by atoms with Crippen molar-refractivity contribution < 1.29 is 41.0 Å². The van der Waals surface area contributed by atoms with Gasteiger partial charge < -0.3 is 15.0 Å². The molecule has 5 rings (SSSR count). The Kier molecular flexibility index (Phi) is 6.05. The predicted molar refractivity (Wildman–Crippen MR) is 127 cm³/mol. The molecule has 2 aromatic heterocycles. The summed E-state index contributed by atoms with van der Waals surface area (Å²) in [6.45, 7) is -0.0439. The van der Waals surface area contributed by atoms with Crippen molar-refractivity contribution in [3.05, 3.63) is 93.5 Å². The number of carboxylic acids is 1. The first-order valence-corrected chi connectivity index (χ1v) is 12.1. The number of carbonyl (C=O) groups excluding carboxylic acids is 1. The number of fused-ring (bicyclic) bond motifs is 1. The first-order valence-electron chi connectivity index (χ1n) is 11.3. The van der Waals surface area contributed by atoms with Gasteiger partial charge in [0.15, 0.2) is 0 Å². The molecule has 0 radical (unpaired) electrons.